The average Bonchev–Trinajstić information content (AvgIpc) is 3.62. The predicted octanol–water partition coefficient (Wildman–Crippen LogP) is 0.584. The van der Waals surface area contributed by atoms with E-state index in [9.17, 15) is 24.6 Å². The normalized spacial score (nSPS) is 36.7. The lowest BCUT2D eigenvalue weighted by Crippen LogP contribution is -2.35. The van der Waals surface area contributed by atoms with Gasteiger partial charge in [0.05, 0.1) is 31.8 Å². The molecule has 2 aliphatic heterocycles. The van der Waals surface area contributed by atoms with Crippen molar-refractivity contribution in [2.45, 2.75) is 49.5 Å². The topological polar surface area (TPSA) is 255 Å². The molecule has 230 valence electrons. The van der Waals surface area contributed by atoms with Crippen molar-refractivity contribution in [3.8, 4) is 6.07 Å². The molecule has 2 unspecified atom stereocenters. The fourth-order valence-electron chi connectivity index (χ4n) is 5.29. The maximum atomic E-state index is 13.3. The molecule has 18 nitrogen and oxygen atoms in total. The van der Waals surface area contributed by atoms with E-state index in [4.69, 9.17) is 40.4 Å². The minimum Gasteiger partial charge on any atom is -0.387 e. The Morgan fingerprint density at radius 1 is 1.26 bits per heavy atom. The largest absolute Gasteiger partial charge is 0.387 e. The van der Waals surface area contributed by atoms with Crippen molar-refractivity contribution in [2.75, 3.05) is 24.3 Å². The third kappa shape index (κ3) is 6.34. The first kappa shape index (κ1) is 30.5. The van der Waals surface area contributed by atoms with Crippen molar-refractivity contribution in [3.05, 3.63) is 34.8 Å². The molecule has 2 saturated heterocycles. The summed E-state index contributed by atoms with van der Waals surface area (Å²) in [6.07, 6.45) is -1.41. The van der Waals surface area contributed by atoms with Crippen LogP contribution in [0.4, 0.5) is 11.8 Å². The van der Waals surface area contributed by atoms with E-state index in [0.717, 1.165) is 0 Å². The van der Waals surface area contributed by atoms with E-state index in [1.165, 1.54) is 23.4 Å². The first-order valence-electron chi connectivity index (χ1n) is 12.8. The molecule has 2 bridgehead atoms. The van der Waals surface area contributed by atoms with E-state index in [1.807, 2.05) is 6.07 Å². The number of imidazole rings is 1. The number of aromatic amines is 1. The summed E-state index contributed by atoms with van der Waals surface area (Å²) in [5, 5.41) is 23.7. The van der Waals surface area contributed by atoms with E-state index in [0.29, 0.717) is 18.7 Å². The third-order valence-corrected chi connectivity index (χ3v) is 10.4. The van der Waals surface area contributed by atoms with Crippen LogP contribution in [0, 0.1) is 17.2 Å². The van der Waals surface area contributed by atoms with E-state index in [1.54, 1.807) is 0 Å². The van der Waals surface area contributed by atoms with Crippen molar-refractivity contribution in [3.63, 3.8) is 0 Å². The van der Waals surface area contributed by atoms with E-state index >= 15 is 0 Å². The van der Waals surface area contributed by atoms with Gasteiger partial charge >= 0.3 is 13.5 Å². The van der Waals surface area contributed by atoms with Crippen LogP contribution in [-0.2, 0) is 39.2 Å². The van der Waals surface area contributed by atoms with Crippen molar-refractivity contribution in [2.24, 2.45) is 5.92 Å². The first-order valence-corrected chi connectivity index (χ1v) is 18.1. The summed E-state index contributed by atoms with van der Waals surface area (Å²) in [4.78, 5) is 41.8. The molecule has 3 fully saturated rings. The minimum absolute atomic E-state index is 0.0145. The van der Waals surface area contributed by atoms with Gasteiger partial charge in [-0.3, -0.25) is 27.9 Å². The monoisotopic (exact) mass is 673 g/mol. The lowest BCUT2D eigenvalue weighted by Gasteiger charge is -2.27. The van der Waals surface area contributed by atoms with Gasteiger partial charge in [-0.25, -0.2) is 19.5 Å². The molecule has 0 aromatic carbocycles. The number of nitrogen functional groups attached to an aromatic ring is 1. The Morgan fingerprint density at radius 2 is 2.07 bits per heavy atom. The van der Waals surface area contributed by atoms with Gasteiger partial charge in [-0.2, -0.15) is 10.2 Å². The number of nitrogens with two attached hydrogens (primary N) is 1. The van der Waals surface area contributed by atoms with E-state index < -0.39 is 62.2 Å². The first-order chi connectivity index (χ1) is 20.4. The second kappa shape index (κ2) is 11.8. The summed E-state index contributed by atoms with van der Waals surface area (Å²) in [7, 11) is 0. The molecule has 1 aliphatic carbocycles. The number of anilines is 2. The van der Waals surface area contributed by atoms with Gasteiger partial charge in [0.15, 0.2) is 17.4 Å². The Morgan fingerprint density at radius 3 is 2.86 bits per heavy atom. The standard InChI is InChI=1S/C21H25N9O9P2S2/c22-3-10-4-24-7-25-17(10)27-11-1-9-5-35-41(34,43)39-16-15(31)13(6-36-40(33,42)38-12(9)2-11)37-20(16)30-8-26-14-18(30)28-21(23)29-19(14)32/h4,7-9,11-13,15-16,20,31H,1-2,5-6H2,(H,33,42)(H,34,43)(H,24,25,27)(H3,23,28,29,32)/t9-,11-,12+,13-,15-,16-,20-,40?,41?/m1/s1. The van der Waals surface area contributed by atoms with Crippen LogP contribution in [-0.4, -0.2) is 83.2 Å². The number of aliphatic hydroxyl groups excluding tert-OH is 1. The highest BCUT2D eigenvalue weighted by Crippen LogP contribution is 2.58. The molecule has 0 radical (unpaired) electrons. The quantitative estimate of drug-likeness (QED) is 0.164. The lowest BCUT2D eigenvalue weighted by molar-refractivity contribution is -0.0496. The van der Waals surface area contributed by atoms with Gasteiger partial charge in [0.1, 0.15) is 42.1 Å². The van der Waals surface area contributed by atoms with Gasteiger partial charge in [0, 0.05) is 12.0 Å². The van der Waals surface area contributed by atoms with Crippen LogP contribution < -0.4 is 16.6 Å². The Labute approximate surface area is 252 Å². The number of H-pyrrole nitrogens is 1. The zero-order valence-electron chi connectivity index (χ0n) is 21.9. The highest BCUT2D eigenvalue weighted by molar-refractivity contribution is 8.44. The summed E-state index contributed by atoms with van der Waals surface area (Å²) in [5.74, 6) is -0.348. The number of thiol groups is 1. The molecule has 9 atom stereocenters. The molecular weight excluding hydrogens is 648 g/mol. The van der Waals surface area contributed by atoms with Crippen LogP contribution in [0.2, 0.25) is 0 Å². The molecule has 6 N–H and O–H groups in total. The second-order valence-corrected chi connectivity index (χ2v) is 15.7. The average molecular weight is 674 g/mol. The number of hydrogen-bond acceptors (Lipinski definition) is 16. The van der Waals surface area contributed by atoms with Gasteiger partial charge in [-0.05, 0) is 24.6 Å². The zero-order valence-corrected chi connectivity index (χ0v) is 25.4. The van der Waals surface area contributed by atoms with Gasteiger partial charge < -0.3 is 30.3 Å². The molecule has 1 saturated carbocycles. The number of aromatic nitrogens is 6. The summed E-state index contributed by atoms with van der Waals surface area (Å²) in [6, 6.07) is 1.71. The van der Waals surface area contributed by atoms with Crippen LogP contribution in [0.1, 0.15) is 24.6 Å². The number of ether oxygens (including phenoxy) is 1. The maximum absolute atomic E-state index is 13.3. The third-order valence-electron chi connectivity index (χ3n) is 7.22. The molecule has 0 amide bonds. The van der Waals surface area contributed by atoms with Gasteiger partial charge in [0.2, 0.25) is 5.95 Å². The van der Waals surface area contributed by atoms with Crippen molar-refractivity contribution >= 4 is 60.5 Å². The molecule has 5 heterocycles. The molecule has 3 aliphatic rings. The Hall–Kier alpha value is -2.53. The fraction of sp³-hybridized carbons (Fsp3) is 0.524. The van der Waals surface area contributed by atoms with Crippen molar-refractivity contribution in [1.82, 2.24) is 29.5 Å². The van der Waals surface area contributed by atoms with Gasteiger partial charge in [-0.15, -0.1) is 0 Å². The van der Waals surface area contributed by atoms with Crippen LogP contribution >= 0.6 is 25.8 Å². The summed E-state index contributed by atoms with van der Waals surface area (Å²) in [5.41, 5.74) is 5.29. The maximum Gasteiger partial charge on any atom is 0.386 e. The van der Waals surface area contributed by atoms with Gasteiger partial charge in [-0.1, -0.05) is 12.2 Å². The molecule has 3 aromatic heterocycles. The van der Waals surface area contributed by atoms with E-state index in [2.05, 4.69) is 42.5 Å². The number of hydrogen-bond donors (Lipinski definition) is 6. The van der Waals surface area contributed by atoms with Crippen molar-refractivity contribution < 1.29 is 37.4 Å². The highest BCUT2D eigenvalue weighted by atomic mass is 32.7. The number of rotatable bonds is 3. The molecule has 3 aromatic rings. The predicted molar refractivity (Wildman–Crippen MR) is 154 cm³/mol. The summed E-state index contributed by atoms with van der Waals surface area (Å²) < 4.78 is 43.4. The fourth-order valence-corrected chi connectivity index (χ4v) is 8.31. The second-order valence-electron chi connectivity index (χ2n) is 10.0. The Balaban J connectivity index is 1.27. The number of nitriles is 1. The number of nitrogens with zero attached hydrogens (tertiary/aromatic N) is 6. The highest BCUT2D eigenvalue weighted by Gasteiger charge is 2.50. The summed E-state index contributed by atoms with van der Waals surface area (Å²) in [6.45, 7) is -8.74. The van der Waals surface area contributed by atoms with Crippen LogP contribution in [0.5, 0.6) is 0 Å². The molecule has 22 heteroatoms. The molecule has 6 rings (SSSR count). The van der Waals surface area contributed by atoms with Gasteiger partial charge in [0.25, 0.3) is 5.56 Å². The number of aliphatic hydroxyl groups is 1. The minimum atomic E-state index is -4.06. The Kier molecular flexibility index (Phi) is 8.34. The molecule has 43 heavy (non-hydrogen) atoms. The van der Waals surface area contributed by atoms with Crippen LogP contribution in [0.25, 0.3) is 11.2 Å². The van der Waals surface area contributed by atoms with Crippen LogP contribution in [0.3, 0.4) is 0 Å². The Bertz CT molecular complexity index is 1740. The summed E-state index contributed by atoms with van der Waals surface area (Å²) >= 11 is 9.43. The van der Waals surface area contributed by atoms with Crippen molar-refractivity contribution in [1.29, 1.82) is 5.26 Å². The zero-order chi connectivity index (χ0) is 30.5. The van der Waals surface area contributed by atoms with E-state index in [-0.39, 0.29) is 35.3 Å². The smallest absolute Gasteiger partial charge is 0.386 e. The van der Waals surface area contributed by atoms with Crippen LogP contribution in [0.15, 0.2) is 23.6 Å². The number of nitrogens with one attached hydrogen (secondary N) is 2. The lowest BCUT2D eigenvalue weighted by atomic mass is 10.1. The molecular formula is C21H25N9O9P2S2. The number of fused-ring (bicyclic) bond motifs is 4. The molecule has 0 spiro atoms. The SMILES string of the molecule is N#Cc1cncnc1N[C@@H]1C[C@@H]2COP(O)(=S)O[C@@H]3[C@H](O)[C@@H](COP(=O)(S)O[C@H]2C1)O[C@H]3n1cnc2c(=O)[nH]c(N)nc21.